The number of ether oxygens (including phenoxy) is 1. The Bertz CT molecular complexity index is 1430. The SMILES string of the molecule is COc1ccc(CNC(=O)c2ccc3c(c2)N(Cc2cccc(C)c2)C(=O)c2ccccc2S3)cc1. The summed E-state index contributed by atoms with van der Waals surface area (Å²) in [7, 11) is 1.62. The molecule has 1 aliphatic rings. The fraction of sp³-hybridized carbons (Fsp3) is 0.133. The molecule has 1 heterocycles. The average molecular weight is 495 g/mol. The number of hydrogen-bond acceptors (Lipinski definition) is 4. The number of hydrogen-bond donors (Lipinski definition) is 1. The van der Waals surface area contributed by atoms with E-state index >= 15 is 0 Å². The van der Waals surface area contributed by atoms with Gasteiger partial charge in [-0.3, -0.25) is 9.59 Å². The van der Waals surface area contributed by atoms with Gasteiger partial charge in [0.25, 0.3) is 11.8 Å². The van der Waals surface area contributed by atoms with Gasteiger partial charge < -0.3 is 15.0 Å². The van der Waals surface area contributed by atoms with Gasteiger partial charge in [0, 0.05) is 21.9 Å². The molecule has 5 rings (SSSR count). The van der Waals surface area contributed by atoms with E-state index in [4.69, 9.17) is 4.74 Å². The number of methoxy groups -OCH3 is 1. The number of benzene rings is 4. The van der Waals surface area contributed by atoms with Crippen LogP contribution in [-0.4, -0.2) is 18.9 Å². The molecule has 5 nitrogen and oxygen atoms in total. The van der Waals surface area contributed by atoms with Gasteiger partial charge >= 0.3 is 0 Å². The first-order valence-electron chi connectivity index (χ1n) is 11.7. The Morgan fingerprint density at radius 3 is 2.47 bits per heavy atom. The van der Waals surface area contributed by atoms with Crippen molar-refractivity contribution in [1.29, 1.82) is 0 Å². The maximum absolute atomic E-state index is 13.7. The number of anilines is 1. The standard InChI is InChI=1S/C30H26N2O3S/c1-20-6-5-7-22(16-20)19-32-26-17-23(29(33)31-18-21-10-13-24(35-2)14-11-21)12-15-28(26)36-27-9-4-3-8-25(27)30(32)34/h3-17H,18-19H2,1-2H3,(H,31,33). The Hall–Kier alpha value is -4.03. The Balaban J connectivity index is 1.46. The van der Waals surface area contributed by atoms with Gasteiger partial charge in [0.15, 0.2) is 0 Å². The van der Waals surface area contributed by atoms with Crippen molar-refractivity contribution in [2.45, 2.75) is 29.8 Å². The summed E-state index contributed by atoms with van der Waals surface area (Å²) in [6.07, 6.45) is 0. The second-order valence-corrected chi connectivity index (χ2v) is 9.78. The fourth-order valence-corrected chi connectivity index (χ4v) is 5.30. The van der Waals surface area contributed by atoms with E-state index in [0.717, 1.165) is 37.9 Å². The number of carbonyl (C=O) groups is 2. The number of aryl methyl sites for hydroxylation is 1. The van der Waals surface area contributed by atoms with Gasteiger partial charge in [-0.15, -0.1) is 0 Å². The lowest BCUT2D eigenvalue weighted by Crippen LogP contribution is -2.31. The third-order valence-corrected chi connectivity index (χ3v) is 7.27. The van der Waals surface area contributed by atoms with Crippen LogP contribution in [0.3, 0.4) is 0 Å². The second-order valence-electron chi connectivity index (χ2n) is 8.69. The van der Waals surface area contributed by atoms with E-state index in [0.29, 0.717) is 24.2 Å². The predicted molar refractivity (Wildman–Crippen MR) is 143 cm³/mol. The summed E-state index contributed by atoms with van der Waals surface area (Å²) < 4.78 is 5.20. The third-order valence-electron chi connectivity index (χ3n) is 6.13. The molecule has 0 bridgehead atoms. The zero-order valence-corrected chi connectivity index (χ0v) is 21.0. The molecule has 4 aromatic carbocycles. The smallest absolute Gasteiger partial charge is 0.259 e. The molecule has 0 fully saturated rings. The van der Waals surface area contributed by atoms with Crippen molar-refractivity contribution < 1.29 is 14.3 Å². The molecule has 0 spiro atoms. The van der Waals surface area contributed by atoms with Crippen molar-refractivity contribution in [3.8, 4) is 5.75 Å². The number of fused-ring (bicyclic) bond motifs is 2. The largest absolute Gasteiger partial charge is 0.497 e. The molecule has 0 aromatic heterocycles. The van der Waals surface area contributed by atoms with Crippen LogP contribution in [0.15, 0.2) is 101 Å². The molecule has 0 unspecified atom stereocenters. The van der Waals surface area contributed by atoms with E-state index in [1.807, 2.05) is 91.9 Å². The molecule has 1 N–H and O–H groups in total. The van der Waals surface area contributed by atoms with E-state index < -0.39 is 0 Å². The van der Waals surface area contributed by atoms with E-state index in [1.54, 1.807) is 23.8 Å². The van der Waals surface area contributed by atoms with Gasteiger partial charge in [-0.05, 0) is 60.5 Å². The Labute approximate surface area is 215 Å². The molecule has 4 aromatic rings. The third kappa shape index (κ3) is 4.99. The second kappa shape index (κ2) is 10.3. The van der Waals surface area contributed by atoms with Crippen LogP contribution in [0.2, 0.25) is 0 Å². The highest BCUT2D eigenvalue weighted by molar-refractivity contribution is 7.99. The summed E-state index contributed by atoms with van der Waals surface area (Å²) in [4.78, 5) is 30.4. The Morgan fingerprint density at radius 1 is 0.889 bits per heavy atom. The monoisotopic (exact) mass is 494 g/mol. The van der Waals surface area contributed by atoms with Crippen LogP contribution >= 0.6 is 11.8 Å². The zero-order chi connectivity index (χ0) is 25.1. The summed E-state index contributed by atoms with van der Waals surface area (Å²) in [5, 5.41) is 2.99. The van der Waals surface area contributed by atoms with Crippen molar-refractivity contribution in [3.63, 3.8) is 0 Å². The minimum atomic E-state index is -0.191. The van der Waals surface area contributed by atoms with Crippen molar-refractivity contribution in [2.75, 3.05) is 12.0 Å². The summed E-state index contributed by atoms with van der Waals surface area (Å²) >= 11 is 1.55. The first-order valence-corrected chi connectivity index (χ1v) is 12.5. The van der Waals surface area contributed by atoms with E-state index in [-0.39, 0.29) is 11.8 Å². The Kier molecular flexibility index (Phi) is 6.78. The lowest BCUT2D eigenvalue weighted by molar-refractivity contribution is 0.0947. The molecular weight excluding hydrogens is 468 g/mol. The zero-order valence-electron chi connectivity index (χ0n) is 20.2. The fourth-order valence-electron chi connectivity index (χ4n) is 4.24. The van der Waals surface area contributed by atoms with Gasteiger partial charge in [0.05, 0.1) is 24.9 Å². The molecule has 0 saturated carbocycles. The highest BCUT2D eigenvalue weighted by atomic mass is 32.2. The molecule has 180 valence electrons. The van der Waals surface area contributed by atoms with Crippen LogP contribution in [0.25, 0.3) is 0 Å². The van der Waals surface area contributed by atoms with Crippen LogP contribution in [0, 0.1) is 6.92 Å². The van der Waals surface area contributed by atoms with Crippen molar-refractivity contribution in [2.24, 2.45) is 0 Å². The highest BCUT2D eigenvalue weighted by Gasteiger charge is 2.28. The Morgan fingerprint density at radius 2 is 1.69 bits per heavy atom. The summed E-state index contributed by atoms with van der Waals surface area (Å²) in [6, 6.07) is 29.0. The maximum Gasteiger partial charge on any atom is 0.259 e. The maximum atomic E-state index is 13.7. The van der Waals surface area contributed by atoms with Crippen LogP contribution in [0.1, 0.15) is 37.4 Å². The van der Waals surface area contributed by atoms with Gasteiger partial charge in [-0.2, -0.15) is 0 Å². The average Bonchev–Trinajstić information content (AvgIpc) is 3.01. The van der Waals surface area contributed by atoms with Gasteiger partial charge in [0.1, 0.15) is 5.75 Å². The summed E-state index contributed by atoms with van der Waals surface area (Å²) in [5.74, 6) is 0.505. The minimum Gasteiger partial charge on any atom is -0.497 e. The van der Waals surface area contributed by atoms with Crippen molar-refractivity contribution in [3.05, 3.63) is 119 Å². The molecule has 1 aliphatic heterocycles. The molecule has 2 amide bonds. The normalized spacial score (nSPS) is 12.4. The molecule has 0 radical (unpaired) electrons. The van der Waals surface area contributed by atoms with Gasteiger partial charge in [-0.25, -0.2) is 0 Å². The molecular formula is C30H26N2O3S. The lowest BCUT2D eigenvalue weighted by atomic mass is 10.1. The number of carbonyl (C=O) groups excluding carboxylic acids is 2. The highest BCUT2D eigenvalue weighted by Crippen LogP contribution is 2.42. The molecule has 0 atom stereocenters. The van der Waals surface area contributed by atoms with Gasteiger partial charge in [0.2, 0.25) is 0 Å². The predicted octanol–water partition coefficient (Wildman–Crippen LogP) is 6.25. The number of nitrogens with one attached hydrogen (secondary N) is 1. The lowest BCUT2D eigenvalue weighted by Gasteiger charge is -2.24. The summed E-state index contributed by atoms with van der Waals surface area (Å²) in [6.45, 7) is 2.85. The molecule has 6 heteroatoms. The first kappa shape index (κ1) is 23.7. The number of rotatable bonds is 6. The van der Waals surface area contributed by atoms with Gasteiger partial charge in [-0.1, -0.05) is 65.9 Å². The van der Waals surface area contributed by atoms with Crippen LogP contribution in [0.4, 0.5) is 5.69 Å². The molecule has 0 aliphatic carbocycles. The van der Waals surface area contributed by atoms with Crippen molar-refractivity contribution in [1.82, 2.24) is 5.32 Å². The van der Waals surface area contributed by atoms with E-state index in [9.17, 15) is 9.59 Å². The topological polar surface area (TPSA) is 58.6 Å². The van der Waals surface area contributed by atoms with E-state index in [1.165, 1.54) is 0 Å². The quantitative estimate of drug-likeness (QED) is 0.344. The number of amides is 2. The van der Waals surface area contributed by atoms with Crippen molar-refractivity contribution >= 4 is 29.3 Å². The van der Waals surface area contributed by atoms with Crippen LogP contribution < -0.4 is 15.0 Å². The molecule has 0 saturated heterocycles. The van der Waals surface area contributed by atoms with Crippen LogP contribution in [-0.2, 0) is 13.1 Å². The van der Waals surface area contributed by atoms with E-state index in [2.05, 4.69) is 11.4 Å². The summed E-state index contributed by atoms with van der Waals surface area (Å²) in [5.41, 5.74) is 5.05. The molecule has 36 heavy (non-hydrogen) atoms. The minimum absolute atomic E-state index is 0.0749. The first-order chi connectivity index (χ1) is 17.5. The number of nitrogens with zero attached hydrogens (tertiary/aromatic N) is 1. The van der Waals surface area contributed by atoms with Crippen LogP contribution in [0.5, 0.6) is 5.75 Å².